The topological polar surface area (TPSA) is 35.5 Å². The number of nitrogens with zero attached hydrogens (tertiary/aromatic N) is 1. The fourth-order valence-electron chi connectivity index (χ4n) is 2.57. The van der Waals surface area contributed by atoms with Gasteiger partial charge in [0.05, 0.1) is 0 Å². The first-order chi connectivity index (χ1) is 7.15. The van der Waals surface area contributed by atoms with E-state index < -0.39 is 0 Å². The van der Waals surface area contributed by atoms with Gasteiger partial charge in [-0.1, -0.05) is 13.8 Å². The van der Waals surface area contributed by atoms with Gasteiger partial charge >= 0.3 is 0 Å². The lowest BCUT2D eigenvalue weighted by Crippen LogP contribution is -2.49. The third-order valence-corrected chi connectivity index (χ3v) is 3.18. The Balaban J connectivity index is 2.43. The summed E-state index contributed by atoms with van der Waals surface area (Å²) in [6, 6.07) is 0.606. The SMILES string of the molecule is CNC1CC(CCO)CN(CC(C)C)C1. The predicted molar refractivity (Wildman–Crippen MR) is 63.9 cm³/mol. The minimum atomic E-state index is 0.330. The number of hydrogen-bond acceptors (Lipinski definition) is 3. The van der Waals surface area contributed by atoms with E-state index in [1.807, 2.05) is 7.05 Å². The van der Waals surface area contributed by atoms with E-state index in [1.54, 1.807) is 0 Å². The van der Waals surface area contributed by atoms with Crippen molar-refractivity contribution in [3.8, 4) is 0 Å². The van der Waals surface area contributed by atoms with E-state index in [1.165, 1.54) is 13.0 Å². The highest BCUT2D eigenvalue weighted by atomic mass is 16.3. The van der Waals surface area contributed by atoms with Crippen LogP contribution in [0.1, 0.15) is 26.7 Å². The second-order valence-electron chi connectivity index (χ2n) is 5.21. The normalized spacial score (nSPS) is 28.6. The summed E-state index contributed by atoms with van der Waals surface area (Å²) < 4.78 is 0. The van der Waals surface area contributed by atoms with Crippen molar-refractivity contribution in [2.24, 2.45) is 11.8 Å². The number of aliphatic hydroxyl groups excluding tert-OH is 1. The van der Waals surface area contributed by atoms with E-state index in [4.69, 9.17) is 5.11 Å². The molecular weight excluding hydrogens is 188 g/mol. The highest BCUT2D eigenvalue weighted by Crippen LogP contribution is 2.20. The van der Waals surface area contributed by atoms with Crippen LogP contribution in [0.3, 0.4) is 0 Å². The Kier molecular flexibility index (Phi) is 5.58. The Morgan fingerprint density at radius 2 is 2.13 bits per heavy atom. The molecule has 3 heteroatoms. The summed E-state index contributed by atoms with van der Waals surface area (Å²) in [5.74, 6) is 1.40. The molecule has 2 unspecified atom stereocenters. The van der Waals surface area contributed by atoms with Gasteiger partial charge in [0.25, 0.3) is 0 Å². The molecule has 0 radical (unpaired) electrons. The molecule has 0 aromatic heterocycles. The summed E-state index contributed by atoms with van der Waals surface area (Å²) in [5.41, 5.74) is 0. The zero-order valence-corrected chi connectivity index (χ0v) is 10.4. The van der Waals surface area contributed by atoms with Crippen LogP contribution in [-0.4, -0.2) is 49.3 Å². The fraction of sp³-hybridized carbons (Fsp3) is 1.00. The lowest BCUT2D eigenvalue weighted by molar-refractivity contribution is 0.114. The minimum Gasteiger partial charge on any atom is -0.396 e. The maximum Gasteiger partial charge on any atom is 0.0434 e. The van der Waals surface area contributed by atoms with Crippen LogP contribution in [-0.2, 0) is 0 Å². The highest BCUT2D eigenvalue weighted by Gasteiger charge is 2.25. The Bertz CT molecular complexity index is 173. The van der Waals surface area contributed by atoms with Crippen LogP contribution in [0.2, 0.25) is 0 Å². The molecule has 0 aromatic rings. The van der Waals surface area contributed by atoms with Crippen molar-refractivity contribution in [2.75, 3.05) is 33.3 Å². The van der Waals surface area contributed by atoms with Gasteiger partial charge in [-0.15, -0.1) is 0 Å². The minimum absolute atomic E-state index is 0.330. The van der Waals surface area contributed by atoms with Crippen LogP contribution in [0.5, 0.6) is 0 Å². The van der Waals surface area contributed by atoms with Crippen molar-refractivity contribution < 1.29 is 5.11 Å². The van der Waals surface area contributed by atoms with Gasteiger partial charge in [-0.25, -0.2) is 0 Å². The number of aliphatic hydroxyl groups is 1. The van der Waals surface area contributed by atoms with Crippen LogP contribution < -0.4 is 5.32 Å². The van der Waals surface area contributed by atoms with Crippen molar-refractivity contribution in [2.45, 2.75) is 32.7 Å². The average Bonchev–Trinajstić information content (AvgIpc) is 2.16. The maximum absolute atomic E-state index is 9.01. The molecule has 1 saturated heterocycles. The van der Waals surface area contributed by atoms with E-state index in [0.717, 1.165) is 25.4 Å². The highest BCUT2D eigenvalue weighted by molar-refractivity contribution is 4.82. The van der Waals surface area contributed by atoms with Crippen molar-refractivity contribution in [1.29, 1.82) is 0 Å². The second-order valence-corrected chi connectivity index (χ2v) is 5.21. The lowest BCUT2D eigenvalue weighted by Gasteiger charge is -2.38. The van der Waals surface area contributed by atoms with E-state index >= 15 is 0 Å². The summed E-state index contributed by atoms with van der Waals surface area (Å²) >= 11 is 0. The zero-order valence-electron chi connectivity index (χ0n) is 10.4. The van der Waals surface area contributed by atoms with Gasteiger partial charge in [0.15, 0.2) is 0 Å². The number of rotatable bonds is 5. The third-order valence-electron chi connectivity index (χ3n) is 3.18. The van der Waals surface area contributed by atoms with E-state index in [2.05, 4.69) is 24.1 Å². The van der Waals surface area contributed by atoms with Crippen molar-refractivity contribution in [1.82, 2.24) is 10.2 Å². The number of likely N-dealkylation sites (tertiary alicyclic amines) is 1. The fourth-order valence-corrected chi connectivity index (χ4v) is 2.57. The van der Waals surface area contributed by atoms with E-state index in [-0.39, 0.29) is 0 Å². The molecule has 1 fully saturated rings. The monoisotopic (exact) mass is 214 g/mol. The van der Waals surface area contributed by atoms with Crippen LogP contribution in [0, 0.1) is 11.8 Å². The Morgan fingerprint density at radius 1 is 1.40 bits per heavy atom. The third kappa shape index (κ3) is 4.49. The summed E-state index contributed by atoms with van der Waals surface area (Å²) in [4.78, 5) is 2.54. The molecule has 0 bridgehead atoms. The first-order valence-corrected chi connectivity index (χ1v) is 6.16. The first kappa shape index (κ1) is 12.9. The molecule has 1 heterocycles. The molecule has 0 amide bonds. The van der Waals surface area contributed by atoms with Crippen LogP contribution >= 0.6 is 0 Å². The van der Waals surface area contributed by atoms with Gasteiger partial charge in [-0.05, 0) is 31.7 Å². The van der Waals surface area contributed by atoms with Crippen molar-refractivity contribution in [3.63, 3.8) is 0 Å². The summed E-state index contributed by atoms with van der Waals surface area (Å²) in [5, 5.41) is 12.4. The molecule has 2 atom stereocenters. The molecule has 0 spiro atoms. The molecule has 15 heavy (non-hydrogen) atoms. The Morgan fingerprint density at radius 3 is 2.67 bits per heavy atom. The lowest BCUT2D eigenvalue weighted by atomic mass is 9.91. The van der Waals surface area contributed by atoms with Gasteiger partial charge in [0.2, 0.25) is 0 Å². The molecule has 2 N–H and O–H groups in total. The molecule has 3 nitrogen and oxygen atoms in total. The average molecular weight is 214 g/mol. The van der Waals surface area contributed by atoms with Crippen LogP contribution in [0.4, 0.5) is 0 Å². The van der Waals surface area contributed by atoms with E-state index in [9.17, 15) is 0 Å². The second kappa shape index (κ2) is 6.46. The van der Waals surface area contributed by atoms with Gasteiger partial charge < -0.3 is 15.3 Å². The maximum atomic E-state index is 9.01. The first-order valence-electron chi connectivity index (χ1n) is 6.16. The molecule has 1 rings (SSSR count). The number of hydrogen-bond donors (Lipinski definition) is 2. The predicted octanol–water partition coefficient (Wildman–Crippen LogP) is 0.935. The number of nitrogens with one attached hydrogen (secondary N) is 1. The number of piperidine rings is 1. The molecule has 1 aliphatic heterocycles. The molecule has 0 saturated carbocycles. The standard InChI is InChI=1S/C12H26N2O/c1-10(2)7-14-8-11(4-5-15)6-12(9-14)13-3/h10-13,15H,4-9H2,1-3H3. The smallest absolute Gasteiger partial charge is 0.0434 e. The Hall–Kier alpha value is -0.120. The van der Waals surface area contributed by atoms with Crippen molar-refractivity contribution >= 4 is 0 Å². The van der Waals surface area contributed by atoms with Crippen molar-refractivity contribution in [3.05, 3.63) is 0 Å². The Labute approximate surface area is 93.9 Å². The van der Waals surface area contributed by atoms with Gasteiger partial charge in [-0.2, -0.15) is 0 Å². The molecular formula is C12H26N2O. The quantitative estimate of drug-likeness (QED) is 0.715. The molecule has 0 aliphatic carbocycles. The molecule has 1 aliphatic rings. The van der Waals surface area contributed by atoms with Gasteiger partial charge in [0.1, 0.15) is 0 Å². The van der Waals surface area contributed by atoms with Gasteiger partial charge in [-0.3, -0.25) is 0 Å². The number of likely N-dealkylation sites (N-methyl/N-ethyl adjacent to an activating group) is 1. The molecule has 90 valence electrons. The molecule has 0 aromatic carbocycles. The summed E-state index contributed by atoms with van der Waals surface area (Å²) in [7, 11) is 2.04. The largest absolute Gasteiger partial charge is 0.396 e. The van der Waals surface area contributed by atoms with Crippen LogP contribution in [0.15, 0.2) is 0 Å². The van der Waals surface area contributed by atoms with Crippen LogP contribution in [0.25, 0.3) is 0 Å². The van der Waals surface area contributed by atoms with Gasteiger partial charge in [0, 0.05) is 32.3 Å². The summed E-state index contributed by atoms with van der Waals surface area (Å²) in [6.45, 7) is 8.37. The zero-order chi connectivity index (χ0) is 11.3. The van der Waals surface area contributed by atoms with E-state index in [0.29, 0.717) is 18.6 Å². The summed E-state index contributed by atoms with van der Waals surface area (Å²) in [6.07, 6.45) is 2.17.